The van der Waals surface area contributed by atoms with Crippen LogP contribution in [0.25, 0.3) is 12.2 Å². The standard InChI is InChI=1S/C34H36/c1-3-7-28-10-12-29(13-11-28)14-15-30-16-18-31(19-17-30)20-21-32-22-24-33(25-23-32)26-27(2)34-8-5-4-6-9-34/h4-6,8-13,16-25,27H,3,7,14-15,26H2,1-2H3/t27-/m1/s1. The Morgan fingerprint density at radius 3 is 1.47 bits per heavy atom. The largest absolute Gasteiger partial charge is 0.0651 e. The fourth-order valence-electron chi connectivity index (χ4n) is 4.46. The number of rotatable bonds is 10. The highest BCUT2D eigenvalue weighted by atomic mass is 14.1. The van der Waals surface area contributed by atoms with Gasteiger partial charge in [-0.2, -0.15) is 0 Å². The first-order valence-electron chi connectivity index (χ1n) is 12.7. The van der Waals surface area contributed by atoms with Crippen LogP contribution in [-0.4, -0.2) is 0 Å². The predicted molar refractivity (Wildman–Crippen MR) is 148 cm³/mol. The SMILES string of the molecule is CCCc1ccc(CCc2ccc(C=Cc3ccc(C[C@@H](C)c4ccccc4)cc3)cc2)cc1. The Kier molecular flexibility index (Phi) is 8.52. The smallest absolute Gasteiger partial charge is 0.0150 e. The average molecular weight is 445 g/mol. The summed E-state index contributed by atoms with van der Waals surface area (Å²) >= 11 is 0. The minimum atomic E-state index is 0.529. The molecule has 0 unspecified atom stereocenters. The Labute approximate surface area is 206 Å². The van der Waals surface area contributed by atoms with E-state index in [-0.39, 0.29) is 0 Å². The van der Waals surface area contributed by atoms with Crippen LogP contribution in [0.5, 0.6) is 0 Å². The summed E-state index contributed by atoms with van der Waals surface area (Å²) < 4.78 is 0. The van der Waals surface area contributed by atoms with Crippen LogP contribution in [0.15, 0.2) is 103 Å². The molecule has 0 radical (unpaired) electrons. The average Bonchev–Trinajstić information content (AvgIpc) is 2.89. The lowest BCUT2D eigenvalue weighted by atomic mass is 9.93. The van der Waals surface area contributed by atoms with E-state index in [2.05, 4.69) is 129 Å². The van der Waals surface area contributed by atoms with Crippen molar-refractivity contribution in [3.8, 4) is 0 Å². The maximum Gasteiger partial charge on any atom is -0.0150 e. The molecule has 0 heterocycles. The number of hydrogen-bond acceptors (Lipinski definition) is 0. The van der Waals surface area contributed by atoms with Crippen LogP contribution in [0.3, 0.4) is 0 Å². The fourth-order valence-corrected chi connectivity index (χ4v) is 4.46. The van der Waals surface area contributed by atoms with Gasteiger partial charge in [-0.25, -0.2) is 0 Å². The van der Waals surface area contributed by atoms with E-state index in [9.17, 15) is 0 Å². The Balaban J connectivity index is 1.28. The molecule has 0 aliphatic rings. The van der Waals surface area contributed by atoms with E-state index in [4.69, 9.17) is 0 Å². The van der Waals surface area contributed by atoms with Gasteiger partial charge in [-0.05, 0) is 70.5 Å². The molecule has 0 aromatic heterocycles. The molecule has 0 bridgehead atoms. The van der Waals surface area contributed by atoms with Gasteiger partial charge in [0.2, 0.25) is 0 Å². The van der Waals surface area contributed by atoms with Crippen molar-refractivity contribution in [2.24, 2.45) is 0 Å². The van der Waals surface area contributed by atoms with Crippen molar-refractivity contribution in [2.75, 3.05) is 0 Å². The highest BCUT2D eigenvalue weighted by Gasteiger charge is 2.06. The second kappa shape index (κ2) is 12.2. The summed E-state index contributed by atoms with van der Waals surface area (Å²) in [5.41, 5.74) is 9.54. The molecule has 0 heteroatoms. The Hall–Kier alpha value is -3.38. The summed E-state index contributed by atoms with van der Waals surface area (Å²) in [4.78, 5) is 0. The van der Waals surface area contributed by atoms with Crippen molar-refractivity contribution >= 4 is 12.2 Å². The van der Waals surface area contributed by atoms with Crippen molar-refractivity contribution in [3.05, 3.63) is 142 Å². The lowest BCUT2D eigenvalue weighted by molar-refractivity contribution is 0.759. The van der Waals surface area contributed by atoms with Crippen LogP contribution in [0, 0.1) is 0 Å². The third kappa shape index (κ3) is 7.06. The normalized spacial score (nSPS) is 12.2. The zero-order valence-electron chi connectivity index (χ0n) is 20.6. The van der Waals surface area contributed by atoms with Gasteiger partial charge in [0.1, 0.15) is 0 Å². The van der Waals surface area contributed by atoms with Crippen LogP contribution in [0.4, 0.5) is 0 Å². The van der Waals surface area contributed by atoms with Crippen LogP contribution in [-0.2, 0) is 25.7 Å². The van der Waals surface area contributed by atoms with Crippen LogP contribution in [0.1, 0.15) is 65.1 Å². The van der Waals surface area contributed by atoms with Gasteiger partial charge in [-0.1, -0.05) is 136 Å². The molecule has 0 amide bonds. The quantitative estimate of drug-likeness (QED) is 0.214. The molecule has 0 N–H and O–H groups in total. The molecule has 0 saturated carbocycles. The third-order valence-electron chi connectivity index (χ3n) is 6.60. The summed E-state index contributed by atoms with van der Waals surface area (Å²) in [6.45, 7) is 4.53. The summed E-state index contributed by atoms with van der Waals surface area (Å²) in [7, 11) is 0. The predicted octanol–water partition coefficient (Wildman–Crippen LogP) is 8.94. The molecule has 0 nitrogen and oxygen atoms in total. The molecule has 172 valence electrons. The van der Waals surface area contributed by atoms with Crippen molar-refractivity contribution in [1.82, 2.24) is 0 Å². The fraction of sp³-hybridized carbons (Fsp3) is 0.235. The molecule has 4 rings (SSSR count). The molecule has 0 aliphatic heterocycles. The summed E-state index contributed by atoms with van der Waals surface area (Å²) in [6.07, 6.45) is 10.0. The zero-order valence-corrected chi connectivity index (χ0v) is 20.6. The maximum atomic E-state index is 2.30. The highest BCUT2D eigenvalue weighted by molar-refractivity contribution is 5.69. The van der Waals surface area contributed by atoms with Crippen molar-refractivity contribution in [3.63, 3.8) is 0 Å². The van der Waals surface area contributed by atoms with Gasteiger partial charge in [0.05, 0.1) is 0 Å². The van der Waals surface area contributed by atoms with Crippen LogP contribution in [0.2, 0.25) is 0 Å². The summed E-state index contributed by atoms with van der Waals surface area (Å²) in [6, 6.07) is 37.9. The zero-order chi connectivity index (χ0) is 23.6. The topological polar surface area (TPSA) is 0 Å². The van der Waals surface area contributed by atoms with Crippen molar-refractivity contribution < 1.29 is 0 Å². The van der Waals surface area contributed by atoms with E-state index in [1.807, 2.05) is 0 Å². The molecule has 4 aromatic carbocycles. The van der Waals surface area contributed by atoms with Gasteiger partial charge < -0.3 is 0 Å². The minimum Gasteiger partial charge on any atom is -0.0651 e. The Bertz CT molecular complexity index is 1150. The van der Waals surface area contributed by atoms with Crippen molar-refractivity contribution in [1.29, 1.82) is 0 Å². The Morgan fingerprint density at radius 1 is 0.529 bits per heavy atom. The van der Waals surface area contributed by atoms with Gasteiger partial charge in [0.15, 0.2) is 0 Å². The van der Waals surface area contributed by atoms with E-state index in [1.54, 1.807) is 0 Å². The second-order valence-electron chi connectivity index (χ2n) is 9.40. The van der Waals surface area contributed by atoms with Crippen LogP contribution >= 0.6 is 0 Å². The van der Waals surface area contributed by atoms with E-state index in [1.165, 1.54) is 51.8 Å². The lowest BCUT2D eigenvalue weighted by Gasteiger charge is -2.12. The minimum absolute atomic E-state index is 0.529. The van der Waals surface area contributed by atoms with Crippen LogP contribution < -0.4 is 0 Å². The molecule has 0 aliphatic carbocycles. The Morgan fingerprint density at radius 2 is 0.971 bits per heavy atom. The molecule has 4 aromatic rings. The number of hydrogen-bond donors (Lipinski definition) is 0. The number of aryl methyl sites for hydroxylation is 3. The highest BCUT2D eigenvalue weighted by Crippen LogP contribution is 2.21. The van der Waals surface area contributed by atoms with Gasteiger partial charge in [-0.3, -0.25) is 0 Å². The van der Waals surface area contributed by atoms with Gasteiger partial charge >= 0.3 is 0 Å². The van der Waals surface area contributed by atoms with Gasteiger partial charge in [-0.15, -0.1) is 0 Å². The molecule has 34 heavy (non-hydrogen) atoms. The van der Waals surface area contributed by atoms with E-state index >= 15 is 0 Å². The molecule has 0 spiro atoms. The van der Waals surface area contributed by atoms with E-state index in [0.29, 0.717) is 5.92 Å². The second-order valence-corrected chi connectivity index (χ2v) is 9.40. The van der Waals surface area contributed by atoms with E-state index in [0.717, 1.165) is 19.3 Å². The molecular formula is C34H36. The number of benzene rings is 4. The first-order chi connectivity index (χ1) is 16.7. The molecular weight excluding hydrogens is 408 g/mol. The summed E-state index contributed by atoms with van der Waals surface area (Å²) in [5, 5.41) is 0. The lowest BCUT2D eigenvalue weighted by Crippen LogP contribution is -1.98. The molecule has 1 atom stereocenters. The third-order valence-corrected chi connectivity index (χ3v) is 6.60. The van der Waals surface area contributed by atoms with E-state index < -0.39 is 0 Å². The van der Waals surface area contributed by atoms with Crippen molar-refractivity contribution in [2.45, 2.75) is 51.9 Å². The molecule has 0 fully saturated rings. The monoisotopic (exact) mass is 444 g/mol. The maximum absolute atomic E-state index is 2.30. The van der Waals surface area contributed by atoms with Gasteiger partial charge in [0.25, 0.3) is 0 Å². The van der Waals surface area contributed by atoms with Gasteiger partial charge in [0, 0.05) is 0 Å². The first kappa shape index (κ1) is 23.8. The molecule has 0 saturated heterocycles. The first-order valence-corrected chi connectivity index (χ1v) is 12.7. The summed E-state index contributed by atoms with van der Waals surface area (Å²) in [5.74, 6) is 0.529.